The van der Waals surface area contributed by atoms with E-state index in [1.165, 1.54) is 31.2 Å². The Bertz CT molecular complexity index is 934. The van der Waals surface area contributed by atoms with Crippen LogP contribution >= 0.6 is 0 Å². The Morgan fingerprint density at radius 3 is 1.89 bits per heavy atom. The molecule has 0 aliphatic heterocycles. The summed E-state index contributed by atoms with van der Waals surface area (Å²) in [6.07, 6.45) is -2.16. The monoisotopic (exact) mass is 510 g/mol. The number of phenolic OH excluding ortho intramolecular Hbond substituents is 1. The summed E-state index contributed by atoms with van der Waals surface area (Å²) in [7, 11) is 0. The Kier molecular flexibility index (Phi) is 11.8. The molecule has 3 amide bonds. The molecule has 0 aliphatic rings. The van der Waals surface area contributed by atoms with E-state index >= 15 is 0 Å². The molecule has 1 aromatic rings. The third-order valence-electron chi connectivity index (χ3n) is 5.34. The maximum absolute atomic E-state index is 12.9. The van der Waals surface area contributed by atoms with Crippen molar-refractivity contribution < 1.29 is 44.4 Å². The van der Waals surface area contributed by atoms with Gasteiger partial charge in [-0.15, -0.1) is 0 Å². The summed E-state index contributed by atoms with van der Waals surface area (Å²) in [4.78, 5) is 60.9. The van der Waals surface area contributed by atoms with E-state index in [4.69, 9.17) is 10.8 Å². The zero-order valence-electron chi connectivity index (χ0n) is 20.3. The molecule has 5 atom stereocenters. The van der Waals surface area contributed by atoms with Crippen molar-refractivity contribution in [1.82, 2.24) is 16.0 Å². The molecule has 0 saturated carbocycles. The summed E-state index contributed by atoms with van der Waals surface area (Å²) < 4.78 is 0. The van der Waals surface area contributed by atoms with Crippen LogP contribution in [0.1, 0.15) is 39.2 Å². The maximum Gasteiger partial charge on any atom is 0.326 e. The Morgan fingerprint density at radius 2 is 1.42 bits per heavy atom. The van der Waals surface area contributed by atoms with Gasteiger partial charge in [0.05, 0.1) is 6.10 Å². The minimum absolute atomic E-state index is 0.0210. The second-order valence-electron chi connectivity index (χ2n) is 8.76. The number of hydrogen-bond donors (Lipinski definition) is 8. The second-order valence-corrected chi connectivity index (χ2v) is 8.76. The second kappa shape index (κ2) is 14.0. The molecule has 36 heavy (non-hydrogen) atoms. The number of nitrogens with one attached hydrogen (secondary N) is 3. The van der Waals surface area contributed by atoms with Crippen molar-refractivity contribution in [3.63, 3.8) is 0 Å². The minimum Gasteiger partial charge on any atom is -0.508 e. The predicted octanol–water partition coefficient (Wildman–Crippen LogP) is -1.30. The van der Waals surface area contributed by atoms with Gasteiger partial charge in [-0.2, -0.15) is 0 Å². The predicted molar refractivity (Wildman–Crippen MR) is 127 cm³/mol. The number of phenols is 1. The molecule has 0 bridgehead atoms. The van der Waals surface area contributed by atoms with Gasteiger partial charge in [-0.1, -0.05) is 26.0 Å². The van der Waals surface area contributed by atoms with Crippen LogP contribution in [0.3, 0.4) is 0 Å². The highest BCUT2D eigenvalue weighted by molar-refractivity contribution is 5.94. The van der Waals surface area contributed by atoms with Crippen LogP contribution < -0.4 is 21.7 Å². The van der Waals surface area contributed by atoms with Crippen LogP contribution in [0.4, 0.5) is 0 Å². The lowest BCUT2D eigenvalue weighted by atomic mass is 10.0. The highest BCUT2D eigenvalue weighted by Gasteiger charge is 2.32. The van der Waals surface area contributed by atoms with Crippen LogP contribution in [0.15, 0.2) is 24.3 Å². The number of carboxylic acid groups (broad SMARTS) is 2. The summed E-state index contributed by atoms with van der Waals surface area (Å²) >= 11 is 0. The number of carbonyl (C=O) groups is 5. The molecular weight excluding hydrogens is 476 g/mol. The molecule has 5 unspecified atom stereocenters. The van der Waals surface area contributed by atoms with Gasteiger partial charge in [0.15, 0.2) is 0 Å². The molecule has 1 rings (SSSR count). The zero-order valence-corrected chi connectivity index (χ0v) is 20.3. The fourth-order valence-electron chi connectivity index (χ4n) is 3.14. The van der Waals surface area contributed by atoms with Crippen molar-refractivity contribution in [3.05, 3.63) is 29.8 Å². The highest BCUT2D eigenvalue weighted by atomic mass is 16.4. The molecule has 0 heterocycles. The SMILES string of the molecule is CC(C)C(NC(=O)C(N)C(C)O)C(=O)NC(CCC(=O)O)C(=O)NC(Cc1ccc(O)cc1)C(=O)O. The van der Waals surface area contributed by atoms with Crippen LogP contribution in [0.2, 0.25) is 0 Å². The first kappa shape index (κ1) is 30.3. The average Bonchev–Trinajstić information content (AvgIpc) is 2.79. The van der Waals surface area contributed by atoms with Crippen LogP contribution in [0.5, 0.6) is 5.75 Å². The number of hydrogen-bond acceptors (Lipinski definition) is 8. The number of nitrogens with two attached hydrogens (primary N) is 1. The van der Waals surface area contributed by atoms with Crippen LogP contribution in [-0.2, 0) is 30.4 Å². The first-order chi connectivity index (χ1) is 16.7. The van der Waals surface area contributed by atoms with Gasteiger partial charge in [0.25, 0.3) is 0 Å². The van der Waals surface area contributed by atoms with E-state index in [0.717, 1.165) is 0 Å². The molecule has 13 nitrogen and oxygen atoms in total. The zero-order chi connectivity index (χ0) is 27.6. The summed E-state index contributed by atoms with van der Waals surface area (Å²) in [5.41, 5.74) is 6.10. The van der Waals surface area contributed by atoms with E-state index in [9.17, 15) is 39.3 Å². The average molecular weight is 511 g/mol. The summed E-state index contributed by atoms with van der Waals surface area (Å²) in [6.45, 7) is 4.53. The lowest BCUT2D eigenvalue weighted by molar-refractivity contribution is -0.143. The molecule has 0 aromatic heterocycles. The van der Waals surface area contributed by atoms with E-state index in [2.05, 4.69) is 16.0 Å². The van der Waals surface area contributed by atoms with Crippen LogP contribution in [0.25, 0.3) is 0 Å². The van der Waals surface area contributed by atoms with Gasteiger partial charge in [-0.3, -0.25) is 19.2 Å². The first-order valence-electron chi connectivity index (χ1n) is 11.3. The number of carboxylic acids is 2. The van der Waals surface area contributed by atoms with E-state index in [-0.39, 0.29) is 18.6 Å². The molecule has 0 radical (unpaired) electrons. The molecule has 1 aromatic carbocycles. The molecule has 13 heteroatoms. The largest absolute Gasteiger partial charge is 0.508 e. The van der Waals surface area contributed by atoms with Gasteiger partial charge in [0.2, 0.25) is 17.7 Å². The molecule has 200 valence electrons. The van der Waals surface area contributed by atoms with E-state index in [1.807, 2.05) is 0 Å². The van der Waals surface area contributed by atoms with Crippen molar-refractivity contribution in [2.24, 2.45) is 11.7 Å². The van der Waals surface area contributed by atoms with Crippen molar-refractivity contribution in [2.45, 2.75) is 70.3 Å². The van der Waals surface area contributed by atoms with Crippen molar-refractivity contribution >= 4 is 29.7 Å². The number of amides is 3. The lowest BCUT2D eigenvalue weighted by Gasteiger charge is -2.27. The van der Waals surface area contributed by atoms with Crippen molar-refractivity contribution in [1.29, 1.82) is 0 Å². The minimum atomic E-state index is -1.42. The Morgan fingerprint density at radius 1 is 0.861 bits per heavy atom. The Hall–Kier alpha value is -3.71. The molecule has 0 spiro atoms. The third kappa shape index (κ3) is 9.88. The van der Waals surface area contributed by atoms with E-state index < -0.39 is 72.3 Å². The van der Waals surface area contributed by atoms with Gasteiger partial charge in [-0.25, -0.2) is 4.79 Å². The van der Waals surface area contributed by atoms with Crippen molar-refractivity contribution in [3.8, 4) is 5.75 Å². The van der Waals surface area contributed by atoms with Gasteiger partial charge >= 0.3 is 11.9 Å². The standard InChI is InChI=1S/C23H34N4O9/c1-11(2)19(27-21(33)18(24)12(3)28)22(34)25-15(8-9-17(30)31)20(32)26-16(23(35)36)10-13-4-6-14(29)7-5-13/h4-7,11-12,15-16,18-19,28-29H,8-10,24H2,1-3H3,(H,25,34)(H,26,32)(H,27,33)(H,30,31)(H,35,36). The number of benzene rings is 1. The molecule has 9 N–H and O–H groups in total. The Balaban J connectivity index is 3.03. The number of aromatic hydroxyl groups is 1. The molecule has 0 saturated heterocycles. The van der Waals surface area contributed by atoms with E-state index in [1.54, 1.807) is 13.8 Å². The first-order valence-corrected chi connectivity index (χ1v) is 11.3. The smallest absolute Gasteiger partial charge is 0.326 e. The fourth-order valence-corrected chi connectivity index (χ4v) is 3.14. The van der Waals surface area contributed by atoms with E-state index in [0.29, 0.717) is 5.56 Å². The fraction of sp³-hybridized carbons (Fsp3) is 0.522. The van der Waals surface area contributed by atoms with Gasteiger partial charge < -0.3 is 42.1 Å². The molecular formula is C23H34N4O9. The number of aliphatic hydroxyl groups excluding tert-OH is 1. The Labute approximate surface area is 208 Å². The number of aliphatic hydroxyl groups is 1. The lowest BCUT2D eigenvalue weighted by Crippen LogP contribution is -2.59. The van der Waals surface area contributed by atoms with Crippen molar-refractivity contribution in [2.75, 3.05) is 0 Å². The quantitative estimate of drug-likeness (QED) is 0.147. The van der Waals surface area contributed by atoms with Gasteiger partial charge in [0, 0.05) is 12.8 Å². The van der Waals surface area contributed by atoms with Crippen LogP contribution in [0, 0.1) is 5.92 Å². The van der Waals surface area contributed by atoms with Gasteiger partial charge in [0.1, 0.15) is 29.9 Å². The number of rotatable bonds is 14. The molecule has 0 fully saturated rings. The summed E-state index contributed by atoms with van der Waals surface area (Å²) in [5, 5.41) is 44.6. The topological polar surface area (TPSA) is 228 Å². The molecule has 0 aliphatic carbocycles. The number of carbonyl (C=O) groups excluding carboxylic acids is 3. The van der Waals surface area contributed by atoms with Crippen LogP contribution in [-0.4, -0.2) is 80.4 Å². The number of aliphatic carboxylic acids is 2. The van der Waals surface area contributed by atoms with Gasteiger partial charge in [-0.05, 0) is 37.0 Å². The summed E-state index contributed by atoms with van der Waals surface area (Å²) in [6, 6.07) is 0.376. The summed E-state index contributed by atoms with van der Waals surface area (Å²) in [5.74, 6) is -5.63. The highest BCUT2D eigenvalue weighted by Crippen LogP contribution is 2.12. The normalized spacial score (nSPS) is 15.2. The maximum atomic E-state index is 12.9. The third-order valence-corrected chi connectivity index (χ3v) is 5.34.